The molecular formula is C37H44O16. The second kappa shape index (κ2) is 17.6. The molecule has 3 saturated heterocycles. The van der Waals surface area contributed by atoms with Gasteiger partial charge in [0.2, 0.25) is 0 Å². The number of benzene rings is 2. The molecule has 0 bridgehead atoms. The number of rotatable bonds is 12. The number of carbonyl (C=O) groups is 5. The predicted molar refractivity (Wildman–Crippen MR) is 177 cm³/mol. The summed E-state index contributed by atoms with van der Waals surface area (Å²) in [6.07, 6.45) is -12.4. The van der Waals surface area contributed by atoms with Crippen molar-refractivity contribution >= 4 is 29.8 Å². The third-order valence-corrected chi connectivity index (χ3v) is 8.37. The molecule has 3 aliphatic rings. The molecule has 0 spiro atoms. The van der Waals surface area contributed by atoms with Crippen molar-refractivity contribution < 1.29 is 76.1 Å². The van der Waals surface area contributed by atoms with Crippen LogP contribution in [0, 0.1) is 0 Å². The van der Waals surface area contributed by atoms with Gasteiger partial charge in [0.05, 0.1) is 12.2 Å². The first kappa shape index (κ1) is 39.8. The van der Waals surface area contributed by atoms with E-state index in [2.05, 4.69) is 0 Å². The van der Waals surface area contributed by atoms with E-state index in [4.69, 9.17) is 52.1 Å². The molecule has 0 saturated carbocycles. The van der Waals surface area contributed by atoms with Gasteiger partial charge in [-0.25, -0.2) is 4.79 Å². The summed E-state index contributed by atoms with van der Waals surface area (Å²) in [5.41, 5.74) is 0.933. The van der Waals surface area contributed by atoms with Crippen LogP contribution < -0.4 is 0 Å². The number of esters is 5. The molecule has 2 aromatic rings. The van der Waals surface area contributed by atoms with Gasteiger partial charge in [0.15, 0.2) is 36.7 Å². The Labute approximate surface area is 306 Å². The minimum atomic E-state index is -1.61. The van der Waals surface area contributed by atoms with Crippen LogP contribution in [-0.2, 0) is 71.3 Å². The van der Waals surface area contributed by atoms with Crippen LogP contribution in [0.15, 0.2) is 60.7 Å². The van der Waals surface area contributed by atoms with Gasteiger partial charge >= 0.3 is 29.8 Å². The standard InChI is InChI=1S/C37H44O16/c1-20(38)43-17-26-30(46-21(2)39)32(47-22(3)40)33(48-23(4)41)36(50-26)52-29-27(18-44-34(42)24-13-9-7-10-14-24)49-35(25-15-11-8-12-16-25)51-31(29)28-19-45-37(5,6)53-28/h7-16,26-33,35-36H,17-19H2,1-6H3/t26-,27+,28-,29-,30-,31-,32+,33-,35?,36+/m1/s1. The Hall–Kier alpha value is -4.45. The third-order valence-electron chi connectivity index (χ3n) is 8.37. The first-order chi connectivity index (χ1) is 25.2. The molecule has 2 aromatic carbocycles. The van der Waals surface area contributed by atoms with Crippen LogP contribution in [0.3, 0.4) is 0 Å². The van der Waals surface area contributed by atoms with E-state index in [1.807, 2.05) is 6.07 Å². The highest BCUT2D eigenvalue weighted by atomic mass is 16.8. The summed E-state index contributed by atoms with van der Waals surface area (Å²) in [7, 11) is 0. The van der Waals surface area contributed by atoms with Crippen molar-refractivity contribution in [2.24, 2.45) is 0 Å². The van der Waals surface area contributed by atoms with Crippen LogP contribution >= 0.6 is 0 Å². The summed E-state index contributed by atoms with van der Waals surface area (Å²) in [6, 6.07) is 17.4. The SMILES string of the molecule is CC(=O)OC[C@H]1O[C@@H](O[C@H]2[C@@H]([C@H]3COC(C)(C)O3)OC(c3ccccc3)O[C@H]2COC(=O)c2ccccc2)[C@H](OC(C)=O)[C@@H](OC(C)=O)[C@@H]1OC(C)=O. The van der Waals surface area contributed by atoms with Gasteiger partial charge in [0, 0.05) is 33.3 Å². The largest absolute Gasteiger partial charge is 0.463 e. The van der Waals surface area contributed by atoms with E-state index < -0.39 is 104 Å². The van der Waals surface area contributed by atoms with Gasteiger partial charge in [-0.15, -0.1) is 0 Å². The molecule has 16 heteroatoms. The number of hydrogen-bond acceptors (Lipinski definition) is 16. The fraction of sp³-hybridized carbons (Fsp3) is 0.541. The zero-order valence-electron chi connectivity index (χ0n) is 30.2. The lowest BCUT2D eigenvalue weighted by atomic mass is 9.97. The summed E-state index contributed by atoms with van der Waals surface area (Å²) in [6.45, 7) is 7.21. The monoisotopic (exact) mass is 744 g/mol. The summed E-state index contributed by atoms with van der Waals surface area (Å²) < 4.78 is 65.7. The van der Waals surface area contributed by atoms with Crippen LogP contribution in [-0.4, -0.2) is 111 Å². The molecule has 0 radical (unpaired) electrons. The molecule has 3 heterocycles. The van der Waals surface area contributed by atoms with E-state index in [0.29, 0.717) is 11.1 Å². The van der Waals surface area contributed by atoms with Crippen molar-refractivity contribution in [3.05, 3.63) is 71.8 Å². The highest BCUT2D eigenvalue weighted by Crippen LogP contribution is 2.40. The lowest BCUT2D eigenvalue weighted by molar-refractivity contribution is -0.369. The lowest BCUT2D eigenvalue weighted by Gasteiger charge is -2.48. The van der Waals surface area contributed by atoms with E-state index in [1.54, 1.807) is 68.4 Å². The molecule has 5 rings (SSSR count). The average Bonchev–Trinajstić information content (AvgIpc) is 3.48. The molecule has 3 aliphatic heterocycles. The summed E-state index contributed by atoms with van der Waals surface area (Å²) in [5, 5.41) is 0. The van der Waals surface area contributed by atoms with Crippen molar-refractivity contribution in [2.75, 3.05) is 19.8 Å². The molecule has 288 valence electrons. The van der Waals surface area contributed by atoms with Crippen molar-refractivity contribution in [3.8, 4) is 0 Å². The first-order valence-electron chi connectivity index (χ1n) is 17.1. The van der Waals surface area contributed by atoms with Crippen LogP contribution in [0.4, 0.5) is 0 Å². The maximum absolute atomic E-state index is 13.2. The number of hydrogen-bond donors (Lipinski definition) is 0. The van der Waals surface area contributed by atoms with Crippen LogP contribution in [0.1, 0.15) is 63.8 Å². The highest BCUT2D eigenvalue weighted by Gasteiger charge is 2.56. The lowest BCUT2D eigenvalue weighted by Crippen LogP contribution is -2.65. The van der Waals surface area contributed by atoms with E-state index in [1.165, 1.54) is 6.92 Å². The molecule has 16 nitrogen and oxygen atoms in total. The molecule has 0 N–H and O–H groups in total. The Kier molecular flexibility index (Phi) is 13.2. The zero-order chi connectivity index (χ0) is 38.3. The second-order valence-electron chi connectivity index (χ2n) is 13.0. The molecule has 53 heavy (non-hydrogen) atoms. The first-order valence-corrected chi connectivity index (χ1v) is 17.1. The maximum atomic E-state index is 13.2. The zero-order valence-corrected chi connectivity index (χ0v) is 30.2. The van der Waals surface area contributed by atoms with Crippen molar-refractivity contribution in [3.63, 3.8) is 0 Å². The van der Waals surface area contributed by atoms with Crippen LogP contribution in [0.2, 0.25) is 0 Å². The van der Waals surface area contributed by atoms with Crippen molar-refractivity contribution in [1.29, 1.82) is 0 Å². The van der Waals surface area contributed by atoms with Gasteiger partial charge < -0.3 is 52.1 Å². The topological polar surface area (TPSA) is 187 Å². The minimum Gasteiger partial charge on any atom is -0.463 e. The minimum absolute atomic E-state index is 0.0636. The van der Waals surface area contributed by atoms with Crippen LogP contribution in [0.5, 0.6) is 0 Å². The average molecular weight is 745 g/mol. The van der Waals surface area contributed by atoms with Gasteiger partial charge in [0.1, 0.15) is 43.7 Å². The fourth-order valence-electron chi connectivity index (χ4n) is 6.21. The quantitative estimate of drug-likeness (QED) is 0.228. The van der Waals surface area contributed by atoms with Crippen molar-refractivity contribution in [2.45, 2.75) is 109 Å². The van der Waals surface area contributed by atoms with Crippen molar-refractivity contribution in [1.82, 2.24) is 0 Å². The van der Waals surface area contributed by atoms with E-state index in [9.17, 15) is 24.0 Å². The van der Waals surface area contributed by atoms with Gasteiger partial charge in [-0.05, 0) is 26.0 Å². The predicted octanol–water partition coefficient (Wildman–Crippen LogP) is 2.95. The van der Waals surface area contributed by atoms with Gasteiger partial charge in [0.25, 0.3) is 0 Å². The van der Waals surface area contributed by atoms with E-state index >= 15 is 0 Å². The third kappa shape index (κ3) is 10.6. The van der Waals surface area contributed by atoms with Gasteiger partial charge in [-0.3, -0.25) is 19.2 Å². The Bertz CT molecular complexity index is 1580. The second-order valence-corrected chi connectivity index (χ2v) is 13.0. The Balaban J connectivity index is 1.56. The number of carbonyl (C=O) groups excluding carboxylic acids is 5. The molecular weight excluding hydrogens is 700 g/mol. The molecule has 0 amide bonds. The van der Waals surface area contributed by atoms with Crippen LogP contribution in [0.25, 0.3) is 0 Å². The van der Waals surface area contributed by atoms with E-state index in [0.717, 1.165) is 20.8 Å². The van der Waals surface area contributed by atoms with Gasteiger partial charge in [-0.1, -0.05) is 48.5 Å². The molecule has 3 fully saturated rings. The highest BCUT2D eigenvalue weighted by molar-refractivity contribution is 5.89. The molecule has 10 atom stereocenters. The number of ether oxygens (including phenoxy) is 11. The van der Waals surface area contributed by atoms with E-state index in [-0.39, 0.29) is 13.2 Å². The Morgan fingerprint density at radius 2 is 1.23 bits per heavy atom. The summed E-state index contributed by atoms with van der Waals surface area (Å²) >= 11 is 0. The fourth-order valence-corrected chi connectivity index (χ4v) is 6.21. The molecule has 0 aliphatic carbocycles. The Morgan fingerprint density at radius 1 is 0.660 bits per heavy atom. The molecule has 1 unspecified atom stereocenters. The summed E-state index contributed by atoms with van der Waals surface area (Å²) in [4.78, 5) is 62.3. The molecule has 0 aromatic heterocycles. The maximum Gasteiger partial charge on any atom is 0.338 e. The normalized spacial score (nSPS) is 30.8. The smallest absolute Gasteiger partial charge is 0.338 e. The Morgan fingerprint density at radius 3 is 1.81 bits per heavy atom. The summed E-state index contributed by atoms with van der Waals surface area (Å²) in [5.74, 6) is -4.74. The van der Waals surface area contributed by atoms with Gasteiger partial charge in [-0.2, -0.15) is 0 Å².